The summed E-state index contributed by atoms with van der Waals surface area (Å²) >= 11 is 0. The Kier molecular flexibility index (Phi) is 6.20. The third-order valence-electron chi connectivity index (χ3n) is 2.71. The van der Waals surface area contributed by atoms with Gasteiger partial charge in [0.1, 0.15) is 6.04 Å². The van der Waals surface area contributed by atoms with Gasteiger partial charge >= 0.3 is 5.97 Å². The summed E-state index contributed by atoms with van der Waals surface area (Å²) in [4.78, 5) is 23.4. The van der Waals surface area contributed by atoms with Crippen LogP contribution < -0.4 is 5.32 Å². The Morgan fingerprint density at radius 2 is 2.05 bits per heavy atom. The average Bonchev–Trinajstić information content (AvgIpc) is 2.50. The summed E-state index contributed by atoms with van der Waals surface area (Å²) in [6, 6.07) is 9.31. The molecule has 0 aliphatic carbocycles. The van der Waals surface area contributed by atoms with Crippen molar-refractivity contribution in [2.24, 2.45) is 0 Å². The molecule has 1 amide bonds. The number of ether oxygens (including phenoxy) is 1. The minimum Gasteiger partial charge on any atom is -0.467 e. The number of rotatable bonds is 6. The van der Waals surface area contributed by atoms with Gasteiger partial charge in [0.2, 0.25) is 0 Å². The number of hydrogen-bond donors (Lipinski definition) is 2. The summed E-state index contributed by atoms with van der Waals surface area (Å²) in [5.74, 6) is -1.35. The van der Waals surface area contributed by atoms with Crippen LogP contribution in [0.5, 0.6) is 0 Å². The van der Waals surface area contributed by atoms with Gasteiger partial charge in [0, 0.05) is 6.42 Å². The average molecular weight is 276 g/mol. The van der Waals surface area contributed by atoms with E-state index < -0.39 is 24.0 Å². The summed E-state index contributed by atoms with van der Waals surface area (Å²) in [5, 5.41) is 20.8. The molecular formula is C14H16N2O4. The van der Waals surface area contributed by atoms with E-state index in [1.54, 1.807) is 30.3 Å². The molecule has 0 spiro atoms. The van der Waals surface area contributed by atoms with Gasteiger partial charge < -0.3 is 15.2 Å². The minimum atomic E-state index is -1.37. The van der Waals surface area contributed by atoms with Crippen LogP contribution in [0.2, 0.25) is 0 Å². The molecule has 0 aliphatic rings. The lowest BCUT2D eigenvalue weighted by Crippen LogP contribution is -2.43. The number of benzene rings is 1. The van der Waals surface area contributed by atoms with Crippen LogP contribution in [-0.4, -0.2) is 30.1 Å². The van der Waals surface area contributed by atoms with E-state index in [0.717, 1.165) is 0 Å². The van der Waals surface area contributed by atoms with Crippen LogP contribution in [0.15, 0.2) is 30.3 Å². The molecule has 1 aromatic carbocycles. The molecule has 106 valence electrons. The van der Waals surface area contributed by atoms with Crippen LogP contribution >= 0.6 is 0 Å². The topological polar surface area (TPSA) is 99.4 Å². The number of hydrogen-bond acceptors (Lipinski definition) is 5. The first kappa shape index (κ1) is 15.7. The summed E-state index contributed by atoms with van der Waals surface area (Å²) in [6.45, 7) is 0. The van der Waals surface area contributed by atoms with E-state index >= 15 is 0 Å². The largest absolute Gasteiger partial charge is 0.467 e. The maximum atomic E-state index is 11.9. The zero-order chi connectivity index (χ0) is 15.0. The first-order chi connectivity index (χ1) is 9.60. The zero-order valence-corrected chi connectivity index (χ0v) is 11.1. The highest BCUT2D eigenvalue weighted by Gasteiger charge is 2.25. The number of nitriles is 1. The van der Waals surface area contributed by atoms with Gasteiger partial charge in [0.15, 0.2) is 6.10 Å². The van der Waals surface area contributed by atoms with E-state index in [-0.39, 0.29) is 12.8 Å². The summed E-state index contributed by atoms with van der Waals surface area (Å²) in [7, 11) is 1.20. The molecule has 0 bridgehead atoms. The minimum absolute atomic E-state index is 0.0987. The number of carbonyl (C=O) groups is 2. The molecule has 0 saturated heterocycles. The Hall–Kier alpha value is -2.39. The molecule has 0 unspecified atom stereocenters. The molecule has 6 nitrogen and oxygen atoms in total. The fourth-order valence-corrected chi connectivity index (χ4v) is 1.64. The maximum absolute atomic E-state index is 11.9. The van der Waals surface area contributed by atoms with E-state index in [4.69, 9.17) is 5.26 Å². The Balaban J connectivity index is 2.70. The van der Waals surface area contributed by atoms with Crippen molar-refractivity contribution in [1.82, 2.24) is 5.32 Å². The molecule has 0 heterocycles. The highest BCUT2D eigenvalue weighted by Crippen LogP contribution is 2.12. The second-order valence-corrected chi connectivity index (χ2v) is 4.09. The number of carbonyl (C=O) groups excluding carboxylic acids is 2. The van der Waals surface area contributed by atoms with Crippen molar-refractivity contribution in [3.8, 4) is 6.07 Å². The molecule has 0 radical (unpaired) electrons. The van der Waals surface area contributed by atoms with Gasteiger partial charge in [-0.15, -0.1) is 0 Å². The first-order valence-electron chi connectivity index (χ1n) is 6.08. The Labute approximate surface area is 117 Å². The molecule has 20 heavy (non-hydrogen) atoms. The zero-order valence-electron chi connectivity index (χ0n) is 11.1. The van der Waals surface area contributed by atoms with Crippen molar-refractivity contribution >= 4 is 11.9 Å². The predicted octanol–water partition coefficient (Wildman–Crippen LogP) is 0.682. The van der Waals surface area contributed by atoms with Gasteiger partial charge in [-0.3, -0.25) is 4.79 Å². The smallest absolute Gasteiger partial charge is 0.328 e. The van der Waals surface area contributed by atoms with Crippen LogP contribution in [0, 0.1) is 11.3 Å². The Morgan fingerprint density at radius 1 is 1.40 bits per heavy atom. The molecule has 2 atom stereocenters. The molecule has 2 N–H and O–H groups in total. The number of nitrogens with one attached hydrogen (secondary N) is 1. The molecule has 1 aromatic rings. The normalized spacial score (nSPS) is 12.8. The number of nitrogens with zero attached hydrogens (tertiary/aromatic N) is 1. The quantitative estimate of drug-likeness (QED) is 0.744. The van der Waals surface area contributed by atoms with Crippen molar-refractivity contribution in [2.45, 2.75) is 25.0 Å². The number of aliphatic hydroxyl groups excluding tert-OH is 1. The molecule has 6 heteroatoms. The van der Waals surface area contributed by atoms with Crippen LogP contribution in [0.4, 0.5) is 0 Å². The van der Waals surface area contributed by atoms with E-state index in [0.29, 0.717) is 5.56 Å². The molecule has 0 saturated carbocycles. The summed E-state index contributed by atoms with van der Waals surface area (Å²) in [6.07, 6.45) is -1.14. The van der Waals surface area contributed by atoms with Crippen LogP contribution in [0.1, 0.15) is 24.5 Å². The third kappa shape index (κ3) is 4.37. The van der Waals surface area contributed by atoms with Gasteiger partial charge in [0.25, 0.3) is 5.91 Å². The number of esters is 1. The lowest BCUT2D eigenvalue weighted by molar-refractivity contribution is -0.146. The SMILES string of the molecule is COC(=O)[C@H](CCC#N)NC(=O)[C@@H](O)c1ccccc1. The van der Waals surface area contributed by atoms with E-state index in [1.807, 2.05) is 6.07 Å². The lowest BCUT2D eigenvalue weighted by atomic mass is 10.1. The molecular weight excluding hydrogens is 260 g/mol. The standard InChI is InChI=1S/C14H16N2O4/c1-20-14(19)11(8-5-9-15)16-13(18)12(17)10-6-3-2-4-7-10/h2-4,6-7,11-12,17H,5,8H2,1H3,(H,16,18)/t11-,12-/m0/s1. The molecule has 0 aromatic heterocycles. The number of methoxy groups -OCH3 is 1. The number of aliphatic hydroxyl groups is 1. The third-order valence-corrected chi connectivity index (χ3v) is 2.71. The predicted molar refractivity (Wildman–Crippen MR) is 70.2 cm³/mol. The maximum Gasteiger partial charge on any atom is 0.328 e. The van der Waals surface area contributed by atoms with Crippen molar-refractivity contribution in [3.63, 3.8) is 0 Å². The summed E-state index contributed by atoms with van der Waals surface area (Å²) in [5.41, 5.74) is 0.425. The van der Waals surface area contributed by atoms with Gasteiger partial charge in [-0.1, -0.05) is 30.3 Å². The second kappa shape index (κ2) is 7.92. The fourth-order valence-electron chi connectivity index (χ4n) is 1.64. The van der Waals surface area contributed by atoms with E-state index in [9.17, 15) is 14.7 Å². The first-order valence-corrected chi connectivity index (χ1v) is 6.08. The van der Waals surface area contributed by atoms with Gasteiger partial charge in [-0.2, -0.15) is 5.26 Å². The van der Waals surface area contributed by atoms with E-state index in [2.05, 4.69) is 10.1 Å². The van der Waals surface area contributed by atoms with Gasteiger partial charge in [-0.25, -0.2) is 4.79 Å². The fraction of sp³-hybridized carbons (Fsp3) is 0.357. The van der Waals surface area contributed by atoms with Crippen molar-refractivity contribution in [2.75, 3.05) is 7.11 Å². The monoisotopic (exact) mass is 276 g/mol. The van der Waals surface area contributed by atoms with Crippen LogP contribution in [-0.2, 0) is 14.3 Å². The summed E-state index contributed by atoms with van der Waals surface area (Å²) < 4.78 is 4.55. The highest BCUT2D eigenvalue weighted by molar-refractivity contribution is 5.87. The van der Waals surface area contributed by atoms with Gasteiger partial charge in [-0.05, 0) is 12.0 Å². The van der Waals surface area contributed by atoms with Crippen molar-refractivity contribution in [3.05, 3.63) is 35.9 Å². The Bertz CT molecular complexity index is 496. The highest BCUT2D eigenvalue weighted by atomic mass is 16.5. The van der Waals surface area contributed by atoms with Crippen molar-refractivity contribution < 1.29 is 19.4 Å². The van der Waals surface area contributed by atoms with Crippen molar-refractivity contribution in [1.29, 1.82) is 5.26 Å². The van der Waals surface area contributed by atoms with Crippen LogP contribution in [0.25, 0.3) is 0 Å². The second-order valence-electron chi connectivity index (χ2n) is 4.09. The molecule has 0 aliphatic heterocycles. The van der Waals surface area contributed by atoms with E-state index in [1.165, 1.54) is 7.11 Å². The van der Waals surface area contributed by atoms with Gasteiger partial charge in [0.05, 0.1) is 13.2 Å². The Morgan fingerprint density at radius 3 is 2.60 bits per heavy atom. The molecule has 1 rings (SSSR count). The molecule has 0 fully saturated rings. The lowest BCUT2D eigenvalue weighted by Gasteiger charge is -2.18. The number of amides is 1. The van der Waals surface area contributed by atoms with Crippen LogP contribution in [0.3, 0.4) is 0 Å².